The molecule has 0 radical (unpaired) electrons. The van der Waals surface area contributed by atoms with Crippen LogP contribution < -0.4 is 0 Å². The number of hydrogen-bond acceptors (Lipinski definition) is 2. The van der Waals surface area contributed by atoms with Gasteiger partial charge in [-0.05, 0) is 12.8 Å². The maximum absolute atomic E-state index is 9.15. The predicted molar refractivity (Wildman–Crippen MR) is 33.6 cm³/mol. The third-order valence-electron chi connectivity index (χ3n) is 1.90. The molecular weight excluding hydrogens is 114 g/mol. The minimum atomic E-state index is -0.344. The molecule has 1 rings (SSSR count). The Kier molecular flexibility index (Phi) is 2.07. The van der Waals surface area contributed by atoms with Crippen molar-refractivity contribution in [1.82, 2.24) is 0 Å². The number of aliphatic hydroxyl groups is 1. The van der Waals surface area contributed by atoms with Gasteiger partial charge in [0.25, 0.3) is 0 Å². The van der Waals surface area contributed by atoms with Gasteiger partial charge in [0.05, 0.1) is 18.1 Å². The summed E-state index contributed by atoms with van der Waals surface area (Å²) in [4.78, 5) is 0. The maximum atomic E-state index is 9.15. The summed E-state index contributed by atoms with van der Waals surface area (Å²) in [6.07, 6.45) is 3.55. The fourth-order valence-electron chi connectivity index (χ4n) is 1.26. The lowest BCUT2D eigenvalue weighted by Gasteiger charge is -2.20. The highest BCUT2D eigenvalue weighted by Crippen LogP contribution is 2.22. The standard InChI is InChI=1S/C7H11NO/c8-5-6-3-1-2-4-7(6)9/h6-7,9H,1-4H2/t6-,7+/m0/s1. The van der Waals surface area contributed by atoms with E-state index in [1.165, 1.54) is 0 Å². The van der Waals surface area contributed by atoms with Crippen molar-refractivity contribution in [2.75, 3.05) is 0 Å². The second kappa shape index (κ2) is 2.84. The molecule has 50 valence electrons. The predicted octanol–water partition coefficient (Wildman–Crippen LogP) is 1.06. The molecule has 0 aliphatic heterocycles. The molecule has 1 aliphatic carbocycles. The molecule has 0 heterocycles. The summed E-state index contributed by atoms with van der Waals surface area (Å²) in [6, 6.07) is 2.10. The molecular formula is C7H11NO. The molecule has 1 N–H and O–H groups in total. The van der Waals surface area contributed by atoms with Crippen LogP contribution in [0.5, 0.6) is 0 Å². The topological polar surface area (TPSA) is 44.0 Å². The average Bonchev–Trinajstić information content (AvgIpc) is 1.89. The van der Waals surface area contributed by atoms with Crippen LogP contribution in [-0.2, 0) is 0 Å². The first kappa shape index (κ1) is 6.57. The Morgan fingerprint density at radius 3 is 2.44 bits per heavy atom. The van der Waals surface area contributed by atoms with Crippen molar-refractivity contribution >= 4 is 0 Å². The van der Waals surface area contributed by atoms with Gasteiger partial charge in [0.15, 0.2) is 0 Å². The fraction of sp³-hybridized carbons (Fsp3) is 0.857. The molecule has 1 aliphatic rings. The highest BCUT2D eigenvalue weighted by atomic mass is 16.3. The van der Waals surface area contributed by atoms with E-state index in [1.54, 1.807) is 0 Å². The molecule has 0 bridgehead atoms. The summed E-state index contributed by atoms with van der Waals surface area (Å²) in [7, 11) is 0. The zero-order valence-corrected chi connectivity index (χ0v) is 5.38. The van der Waals surface area contributed by atoms with E-state index in [-0.39, 0.29) is 12.0 Å². The van der Waals surface area contributed by atoms with Crippen LogP contribution in [-0.4, -0.2) is 11.2 Å². The third-order valence-corrected chi connectivity index (χ3v) is 1.90. The molecule has 1 saturated carbocycles. The van der Waals surface area contributed by atoms with Gasteiger partial charge in [0.1, 0.15) is 0 Å². The number of hydrogen-bond donors (Lipinski definition) is 1. The van der Waals surface area contributed by atoms with E-state index in [2.05, 4.69) is 6.07 Å². The van der Waals surface area contributed by atoms with Crippen molar-refractivity contribution in [2.45, 2.75) is 31.8 Å². The van der Waals surface area contributed by atoms with Gasteiger partial charge in [-0.3, -0.25) is 0 Å². The van der Waals surface area contributed by atoms with Gasteiger partial charge in [0, 0.05) is 0 Å². The SMILES string of the molecule is N#C[C@@H]1CCCC[C@H]1O. The van der Waals surface area contributed by atoms with Crippen LogP contribution in [0.3, 0.4) is 0 Å². The Morgan fingerprint density at radius 1 is 1.33 bits per heavy atom. The second-order valence-electron chi connectivity index (χ2n) is 2.59. The smallest absolute Gasteiger partial charge is 0.0722 e. The summed E-state index contributed by atoms with van der Waals surface area (Å²) >= 11 is 0. The maximum Gasteiger partial charge on any atom is 0.0722 e. The van der Waals surface area contributed by atoms with E-state index >= 15 is 0 Å². The van der Waals surface area contributed by atoms with Crippen LogP contribution in [0.2, 0.25) is 0 Å². The fourth-order valence-corrected chi connectivity index (χ4v) is 1.26. The summed E-state index contributed by atoms with van der Waals surface area (Å²) in [5, 5.41) is 17.6. The van der Waals surface area contributed by atoms with Gasteiger partial charge in [0.2, 0.25) is 0 Å². The molecule has 0 spiro atoms. The van der Waals surface area contributed by atoms with Crippen LogP contribution in [0.15, 0.2) is 0 Å². The molecule has 0 aromatic carbocycles. The van der Waals surface area contributed by atoms with Crippen LogP contribution in [0.25, 0.3) is 0 Å². The molecule has 0 aromatic heterocycles. The second-order valence-corrected chi connectivity index (χ2v) is 2.59. The first-order valence-corrected chi connectivity index (χ1v) is 3.42. The minimum Gasteiger partial charge on any atom is -0.392 e. The summed E-state index contributed by atoms with van der Waals surface area (Å²) in [6.45, 7) is 0. The van der Waals surface area contributed by atoms with Crippen molar-refractivity contribution in [3.63, 3.8) is 0 Å². The highest BCUT2D eigenvalue weighted by molar-refractivity contribution is 4.90. The lowest BCUT2D eigenvalue weighted by atomic mass is 9.88. The van der Waals surface area contributed by atoms with E-state index in [0.29, 0.717) is 0 Å². The van der Waals surface area contributed by atoms with Crippen molar-refractivity contribution < 1.29 is 5.11 Å². The van der Waals surface area contributed by atoms with Gasteiger partial charge in [-0.2, -0.15) is 5.26 Å². The Balaban J connectivity index is 2.41. The number of nitriles is 1. The van der Waals surface area contributed by atoms with Crippen molar-refractivity contribution in [1.29, 1.82) is 5.26 Å². The zero-order valence-electron chi connectivity index (χ0n) is 5.38. The molecule has 2 nitrogen and oxygen atoms in total. The van der Waals surface area contributed by atoms with E-state index in [9.17, 15) is 0 Å². The van der Waals surface area contributed by atoms with Crippen molar-refractivity contribution in [3.05, 3.63) is 0 Å². The van der Waals surface area contributed by atoms with Crippen molar-refractivity contribution in [3.8, 4) is 6.07 Å². The Hall–Kier alpha value is -0.550. The molecule has 0 unspecified atom stereocenters. The van der Waals surface area contributed by atoms with Crippen LogP contribution in [0.4, 0.5) is 0 Å². The minimum absolute atomic E-state index is 0.0845. The molecule has 2 heteroatoms. The molecule has 1 fully saturated rings. The van der Waals surface area contributed by atoms with Gasteiger partial charge >= 0.3 is 0 Å². The Labute approximate surface area is 55.1 Å². The van der Waals surface area contributed by atoms with Gasteiger partial charge in [-0.25, -0.2) is 0 Å². The lowest BCUT2D eigenvalue weighted by molar-refractivity contribution is 0.0961. The quantitative estimate of drug-likeness (QED) is 0.526. The Morgan fingerprint density at radius 2 is 2.00 bits per heavy atom. The normalized spacial score (nSPS) is 35.6. The van der Waals surface area contributed by atoms with E-state index in [1.807, 2.05) is 0 Å². The monoisotopic (exact) mass is 125 g/mol. The van der Waals surface area contributed by atoms with Gasteiger partial charge < -0.3 is 5.11 Å². The molecule has 9 heavy (non-hydrogen) atoms. The van der Waals surface area contributed by atoms with Gasteiger partial charge in [-0.15, -0.1) is 0 Å². The summed E-state index contributed by atoms with van der Waals surface area (Å²) in [5.74, 6) is -0.0845. The van der Waals surface area contributed by atoms with Crippen LogP contribution in [0.1, 0.15) is 25.7 Å². The number of nitrogens with zero attached hydrogens (tertiary/aromatic N) is 1. The first-order valence-electron chi connectivity index (χ1n) is 3.42. The third kappa shape index (κ3) is 1.43. The van der Waals surface area contributed by atoms with E-state index < -0.39 is 0 Å². The molecule has 0 saturated heterocycles. The average molecular weight is 125 g/mol. The van der Waals surface area contributed by atoms with Crippen LogP contribution >= 0.6 is 0 Å². The largest absolute Gasteiger partial charge is 0.392 e. The van der Waals surface area contributed by atoms with E-state index in [4.69, 9.17) is 10.4 Å². The Bertz CT molecular complexity index is 127. The van der Waals surface area contributed by atoms with Crippen molar-refractivity contribution in [2.24, 2.45) is 5.92 Å². The molecule has 0 aromatic rings. The van der Waals surface area contributed by atoms with Crippen LogP contribution in [0, 0.1) is 17.2 Å². The lowest BCUT2D eigenvalue weighted by Crippen LogP contribution is -2.22. The number of aliphatic hydroxyl groups excluding tert-OH is 1. The zero-order chi connectivity index (χ0) is 6.69. The van der Waals surface area contributed by atoms with Gasteiger partial charge in [-0.1, -0.05) is 12.8 Å². The van der Waals surface area contributed by atoms with E-state index in [0.717, 1.165) is 25.7 Å². The summed E-state index contributed by atoms with van der Waals surface area (Å²) in [5.41, 5.74) is 0. The summed E-state index contributed by atoms with van der Waals surface area (Å²) < 4.78 is 0. The highest BCUT2D eigenvalue weighted by Gasteiger charge is 2.21. The first-order chi connectivity index (χ1) is 4.34. The number of rotatable bonds is 0. The molecule has 0 amide bonds. The molecule has 2 atom stereocenters.